The van der Waals surface area contributed by atoms with Crippen LogP contribution >= 0.6 is 0 Å². The molecule has 0 spiro atoms. The fraction of sp³-hybridized carbons (Fsp3) is 0. The molecule has 0 unspecified atom stereocenters. The molecule has 106 valence electrons. The summed E-state index contributed by atoms with van der Waals surface area (Å²) in [5.74, 6) is 0.705. The van der Waals surface area contributed by atoms with Gasteiger partial charge in [-0.2, -0.15) is 5.10 Å². The van der Waals surface area contributed by atoms with Crippen LogP contribution in [0.3, 0.4) is 0 Å². The zero-order valence-corrected chi connectivity index (χ0v) is 11.5. The van der Waals surface area contributed by atoms with Gasteiger partial charge in [-0.05, 0) is 18.2 Å². The smallest absolute Gasteiger partial charge is 0.321 e. The Labute approximate surface area is 125 Å². The molecule has 0 aliphatic carbocycles. The topological polar surface area (TPSA) is 76.6 Å². The molecule has 0 aliphatic heterocycles. The Kier molecular flexibility index (Phi) is 2.97. The normalized spacial score (nSPS) is 10.7. The van der Waals surface area contributed by atoms with Crippen molar-refractivity contribution in [2.75, 3.05) is 0 Å². The van der Waals surface area contributed by atoms with Crippen molar-refractivity contribution in [3.63, 3.8) is 0 Å². The van der Waals surface area contributed by atoms with Crippen LogP contribution in [0.15, 0.2) is 61.2 Å². The molecule has 4 rings (SSSR count). The van der Waals surface area contributed by atoms with E-state index in [0.29, 0.717) is 11.8 Å². The number of hydrogen-bond acceptors (Lipinski definition) is 5. The Morgan fingerprint density at radius 2 is 1.59 bits per heavy atom. The number of pyridine rings is 1. The van der Waals surface area contributed by atoms with Gasteiger partial charge in [-0.15, -0.1) is 0 Å². The van der Waals surface area contributed by atoms with Crippen molar-refractivity contribution in [3.8, 4) is 22.9 Å². The summed E-state index contributed by atoms with van der Waals surface area (Å²) in [6, 6.07) is 11.7. The fourth-order valence-electron chi connectivity index (χ4n) is 2.11. The molecule has 0 bridgehead atoms. The Morgan fingerprint density at radius 3 is 2.41 bits per heavy atom. The Bertz CT molecular complexity index is 903. The van der Waals surface area contributed by atoms with Crippen molar-refractivity contribution in [1.82, 2.24) is 25.1 Å². The van der Waals surface area contributed by atoms with Gasteiger partial charge in [0.05, 0.1) is 6.20 Å². The van der Waals surface area contributed by atoms with Gasteiger partial charge in [0.15, 0.2) is 5.65 Å². The lowest BCUT2D eigenvalue weighted by Crippen LogP contribution is -1.92. The number of nitrogens with zero attached hydrogens (tertiary/aromatic N) is 4. The highest BCUT2D eigenvalue weighted by atomic mass is 16.5. The van der Waals surface area contributed by atoms with Gasteiger partial charge in [0, 0.05) is 35.1 Å². The first-order valence-corrected chi connectivity index (χ1v) is 6.73. The van der Waals surface area contributed by atoms with E-state index in [1.165, 1.54) is 0 Å². The number of aromatic nitrogens is 5. The molecular formula is C16H11N5O. The van der Waals surface area contributed by atoms with Gasteiger partial charge < -0.3 is 4.74 Å². The summed E-state index contributed by atoms with van der Waals surface area (Å²) < 4.78 is 5.57. The largest absolute Gasteiger partial charge is 0.424 e. The molecule has 0 radical (unpaired) electrons. The third-order valence-corrected chi connectivity index (χ3v) is 3.21. The first-order valence-electron chi connectivity index (χ1n) is 6.73. The van der Waals surface area contributed by atoms with Gasteiger partial charge in [-0.1, -0.05) is 18.2 Å². The molecule has 6 nitrogen and oxygen atoms in total. The van der Waals surface area contributed by atoms with Gasteiger partial charge in [0.1, 0.15) is 5.75 Å². The van der Waals surface area contributed by atoms with E-state index in [0.717, 1.165) is 22.2 Å². The number of ether oxygens (including phenoxy) is 1. The summed E-state index contributed by atoms with van der Waals surface area (Å²) in [6.45, 7) is 0. The van der Waals surface area contributed by atoms with Crippen molar-refractivity contribution < 1.29 is 4.74 Å². The monoisotopic (exact) mass is 289 g/mol. The third-order valence-electron chi connectivity index (χ3n) is 3.21. The molecule has 4 aromatic rings. The maximum atomic E-state index is 5.57. The highest BCUT2D eigenvalue weighted by molar-refractivity contribution is 5.79. The number of fused-ring (bicyclic) bond motifs is 1. The first-order chi connectivity index (χ1) is 10.9. The van der Waals surface area contributed by atoms with Crippen LogP contribution in [-0.2, 0) is 0 Å². The van der Waals surface area contributed by atoms with Crippen LogP contribution in [0.1, 0.15) is 0 Å². The quantitative estimate of drug-likeness (QED) is 0.626. The highest BCUT2D eigenvalue weighted by Gasteiger charge is 2.05. The zero-order chi connectivity index (χ0) is 14.8. The number of hydrogen-bond donors (Lipinski definition) is 1. The van der Waals surface area contributed by atoms with E-state index in [1.807, 2.05) is 36.4 Å². The molecule has 1 N–H and O–H groups in total. The molecule has 22 heavy (non-hydrogen) atoms. The molecule has 0 atom stereocenters. The number of para-hydroxylation sites is 1. The lowest BCUT2D eigenvalue weighted by atomic mass is 10.1. The second kappa shape index (κ2) is 5.25. The molecule has 6 heteroatoms. The molecule has 3 aromatic heterocycles. The SMILES string of the molecule is c1ccc(Oc2ncc(-c3cnc4[nH]ncc4c3)cn2)cc1. The van der Waals surface area contributed by atoms with Crippen LogP contribution in [-0.4, -0.2) is 25.1 Å². The van der Waals surface area contributed by atoms with Crippen LogP contribution in [0.25, 0.3) is 22.2 Å². The van der Waals surface area contributed by atoms with E-state index in [1.54, 1.807) is 24.8 Å². The number of aromatic amines is 1. The van der Waals surface area contributed by atoms with E-state index in [2.05, 4.69) is 25.1 Å². The number of rotatable bonds is 3. The van der Waals surface area contributed by atoms with Crippen LogP contribution in [0.2, 0.25) is 0 Å². The minimum atomic E-state index is 0.312. The summed E-state index contributed by atoms with van der Waals surface area (Å²) in [5.41, 5.74) is 2.56. The molecular weight excluding hydrogens is 278 g/mol. The van der Waals surface area contributed by atoms with Gasteiger partial charge >= 0.3 is 6.01 Å². The van der Waals surface area contributed by atoms with Gasteiger partial charge in [-0.25, -0.2) is 15.0 Å². The second-order valence-corrected chi connectivity index (χ2v) is 4.70. The molecule has 0 saturated heterocycles. The van der Waals surface area contributed by atoms with Gasteiger partial charge in [0.2, 0.25) is 0 Å². The standard InChI is InChI=1S/C16H11N5O/c1-2-4-14(5-3-1)22-16-18-8-13(9-19-16)11-6-12-10-20-21-15(12)17-7-11/h1-10H,(H,17,20,21). The number of nitrogens with one attached hydrogen (secondary N) is 1. The lowest BCUT2D eigenvalue weighted by molar-refractivity contribution is 0.442. The van der Waals surface area contributed by atoms with E-state index in [4.69, 9.17) is 4.74 Å². The average Bonchev–Trinajstić information content (AvgIpc) is 3.04. The minimum Gasteiger partial charge on any atom is -0.424 e. The molecule has 0 aliphatic rings. The summed E-state index contributed by atoms with van der Waals surface area (Å²) in [5, 5.41) is 7.73. The van der Waals surface area contributed by atoms with Crippen molar-refractivity contribution in [1.29, 1.82) is 0 Å². The van der Waals surface area contributed by atoms with Crippen molar-refractivity contribution >= 4 is 11.0 Å². The zero-order valence-electron chi connectivity index (χ0n) is 11.5. The Balaban J connectivity index is 1.61. The number of H-pyrrole nitrogens is 1. The van der Waals surface area contributed by atoms with E-state index in [-0.39, 0.29) is 0 Å². The van der Waals surface area contributed by atoms with Gasteiger partial charge in [0.25, 0.3) is 0 Å². The van der Waals surface area contributed by atoms with E-state index < -0.39 is 0 Å². The predicted molar refractivity (Wildman–Crippen MR) is 81.4 cm³/mol. The van der Waals surface area contributed by atoms with Crippen LogP contribution in [0.4, 0.5) is 0 Å². The predicted octanol–water partition coefficient (Wildman–Crippen LogP) is 3.21. The summed E-state index contributed by atoms with van der Waals surface area (Å²) in [7, 11) is 0. The summed E-state index contributed by atoms with van der Waals surface area (Å²) >= 11 is 0. The van der Waals surface area contributed by atoms with E-state index >= 15 is 0 Å². The molecule has 1 aromatic carbocycles. The van der Waals surface area contributed by atoms with Crippen molar-refractivity contribution in [2.45, 2.75) is 0 Å². The van der Waals surface area contributed by atoms with Crippen molar-refractivity contribution in [2.24, 2.45) is 0 Å². The van der Waals surface area contributed by atoms with Crippen LogP contribution in [0, 0.1) is 0 Å². The first kappa shape index (κ1) is 12.5. The second-order valence-electron chi connectivity index (χ2n) is 4.70. The summed E-state index contributed by atoms with van der Waals surface area (Å²) in [6.07, 6.45) is 6.93. The number of benzene rings is 1. The lowest BCUT2D eigenvalue weighted by Gasteiger charge is -2.04. The van der Waals surface area contributed by atoms with Crippen LogP contribution in [0.5, 0.6) is 11.8 Å². The minimum absolute atomic E-state index is 0.312. The van der Waals surface area contributed by atoms with Crippen LogP contribution < -0.4 is 4.74 Å². The Hall–Kier alpha value is -3.28. The Morgan fingerprint density at radius 1 is 0.818 bits per heavy atom. The highest BCUT2D eigenvalue weighted by Crippen LogP contribution is 2.22. The third kappa shape index (κ3) is 2.37. The average molecular weight is 289 g/mol. The van der Waals surface area contributed by atoms with E-state index in [9.17, 15) is 0 Å². The maximum Gasteiger partial charge on any atom is 0.321 e. The maximum absolute atomic E-state index is 5.57. The molecule has 3 heterocycles. The molecule has 0 saturated carbocycles. The summed E-state index contributed by atoms with van der Waals surface area (Å²) in [4.78, 5) is 12.8. The molecule has 0 amide bonds. The fourth-order valence-corrected chi connectivity index (χ4v) is 2.11. The van der Waals surface area contributed by atoms with Crippen molar-refractivity contribution in [3.05, 3.63) is 61.2 Å². The van der Waals surface area contributed by atoms with Gasteiger partial charge in [-0.3, -0.25) is 5.10 Å². The molecule has 0 fully saturated rings.